The molecule has 0 aliphatic rings. The molecule has 0 N–H and O–H groups in total. The summed E-state index contributed by atoms with van der Waals surface area (Å²) in [5, 5.41) is 11.1. The number of hydrogen-bond acceptors (Lipinski definition) is 3. The van der Waals surface area contributed by atoms with Crippen molar-refractivity contribution in [2.45, 2.75) is 6.04 Å². The number of nitro benzene ring substituents is 1. The lowest BCUT2D eigenvalue weighted by Crippen LogP contribution is -2.32. The average molecular weight is 381 g/mol. The molecule has 0 aromatic heterocycles. The molecule has 5 nitrogen and oxygen atoms in total. The summed E-state index contributed by atoms with van der Waals surface area (Å²) in [6.45, 7) is 0. The maximum atomic E-state index is 13.1. The second-order valence-corrected chi connectivity index (χ2v) is 6.47. The summed E-state index contributed by atoms with van der Waals surface area (Å²) in [6.07, 6.45) is 0. The molecular weight excluding hydrogens is 364 g/mol. The number of benzene rings is 3. The highest BCUT2D eigenvalue weighted by molar-refractivity contribution is 6.32. The van der Waals surface area contributed by atoms with Crippen LogP contribution in [0.3, 0.4) is 0 Å². The zero-order valence-electron chi connectivity index (χ0n) is 14.6. The number of carbonyl (C=O) groups is 1. The molecule has 0 bridgehead atoms. The number of nitrogens with zero attached hydrogens (tertiary/aromatic N) is 2. The van der Waals surface area contributed by atoms with Crippen molar-refractivity contribution >= 4 is 23.2 Å². The SMILES string of the molecule is CN(C(=O)c1ccc(Cl)c([N+](=O)[O-])c1)C(c1ccccc1)c1ccccc1. The fraction of sp³-hybridized carbons (Fsp3) is 0.0952. The van der Waals surface area contributed by atoms with E-state index in [2.05, 4.69) is 0 Å². The van der Waals surface area contributed by atoms with Crippen molar-refractivity contribution in [3.8, 4) is 0 Å². The highest BCUT2D eigenvalue weighted by Crippen LogP contribution is 2.30. The van der Waals surface area contributed by atoms with Crippen LogP contribution < -0.4 is 0 Å². The quantitative estimate of drug-likeness (QED) is 0.456. The smallest absolute Gasteiger partial charge is 0.288 e. The van der Waals surface area contributed by atoms with Gasteiger partial charge < -0.3 is 4.90 Å². The van der Waals surface area contributed by atoms with Crippen LogP contribution in [-0.2, 0) is 0 Å². The Hall–Kier alpha value is -3.18. The summed E-state index contributed by atoms with van der Waals surface area (Å²) in [5.74, 6) is -0.326. The van der Waals surface area contributed by atoms with Gasteiger partial charge in [-0.15, -0.1) is 0 Å². The molecule has 0 heterocycles. The summed E-state index contributed by atoms with van der Waals surface area (Å²) < 4.78 is 0. The Balaban J connectivity index is 2.02. The molecule has 0 saturated carbocycles. The van der Waals surface area contributed by atoms with Crippen LogP contribution in [0.25, 0.3) is 0 Å². The van der Waals surface area contributed by atoms with Gasteiger partial charge in [0.2, 0.25) is 0 Å². The molecule has 0 fully saturated rings. The summed E-state index contributed by atoms with van der Waals surface area (Å²) >= 11 is 5.86. The summed E-state index contributed by atoms with van der Waals surface area (Å²) in [7, 11) is 1.69. The molecule has 3 aromatic carbocycles. The molecule has 0 radical (unpaired) electrons. The van der Waals surface area contributed by atoms with E-state index in [1.807, 2.05) is 60.7 Å². The topological polar surface area (TPSA) is 63.5 Å². The Morgan fingerprint density at radius 1 is 0.963 bits per heavy atom. The standard InChI is InChI=1S/C21H17ClN2O3/c1-23(21(25)17-12-13-18(22)19(14-17)24(26)27)20(15-8-4-2-5-9-15)16-10-6-3-7-11-16/h2-14,20H,1H3. The zero-order valence-corrected chi connectivity index (χ0v) is 15.3. The first-order chi connectivity index (χ1) is 13.0. The number of amides is 1. The van der Waals surface area contributed by atoms with E-state index >= 15 is 0 Å². The largest absolute Gasteiger partial charge is 0.331 e. The Kier molecular flexibility index (Phi) is 5.52. The molecular formula is C21H17ClN2O3. The Morgan fingerprint density at radius 3 is 1.96 bits per heavy atom. The van der Waals surface area contributed by atoms with Crippen LogP contribution in [0.4, 0.5) is 5.69 Å². The number of rotatable bonds is 5. The van der Waals surface area contributed by atoms with Gasteiger partial charge in [0.05, 0.1) is 11.0 Å². The van der Waals surface area contributed by atoms with Crippen molar-refractivity contribution in [3.05, 3.63) is 111 Å². The number of nitro groups is 1. The van der Waals surface area contributed by atoms with Crippen LogP contribution in [0.5, 0.6) is 0 Å². The van der Waals surface area contributed by atoms with Gasteiger partial charge in [0.15, 0.2) is 0 Å². The lowest BCUT2D eigenvalue weighted by atomic mass is 9.97. The second kappa shape index (κ2) is 8.01. The number of hydrogen-bond donors (Lipinski definition) is 0. The van der Waals surface area contributed by atoms with Gasteiger partial charge in [-0.25, -0.2) is 0 Å². The lowest BCUT2D eigenvalue weighted by Gasteiger charge is -2.29. The molecule has 0 spiro atoms. The highest BCUT2D eigenvalue weighted by Gasteiger charge is 2.26. The predicted molar refractivity (Wildman–Crippen MR) is 105 cm³/mol. The maximum Gasteiger partial charge on any atom is 0.288 e. The summed E-state index contributed by atoms with van der Waals surface area (Å²) in [6, 6.07) is 23.0. The van der Waals surface area contributed by atoms with Crippen molar-refractivity contribution in [1.82, 2.24) is 4.90 Å². The molecule has 0 aliphatic carbocycles. The first-order valence-electron chi connectivity index (χ1n) is 8.30. The minimum Gasteiger partial charge on any atom is -0.331 e. The predicted octanol–water partition coefficient (Wildman–Crippen LogP) is 5.11. The molecule has 0 unspecified atom stereocenters. The Bertz CT molecular complexity index is 922. The van der Waals surface area contributed by atoms with Crippen molar-refractivity contribution in [1.29, 1.82) is 0 Å². The van der Waals surface area contributed by atoms with Crippen molar-refractivity contribution in [2.24, 2.45) is 0 Å². The van der Waals surface area contributed by atoms with Crippen LogP contribution >= 0.6 is 11.6 Å². The normalized spacial score (nSPS) is 10.6. The van der Waals surface area contributed by atoms with E-state index in [0.29, 0.717) is 0 Å². The Morgan fingerprint density at radius 2 is 1.48 bits per heavy atom. The molecule has 3 aromatic rings. The average Bonchev–Trinajstić information content (AvgIpc) is 2.69. The molecule has 0 aliphatic heterocycles. The fourth-order valence-electron chi connectivity index (χ4n) is 3.02. The fourth-order valence-corrected chi connectivity index (χ4v) is 3.20. The summed E-state index contributed by atoms with van der Waals surface area (Å²) in [5.41, 5.74) is 1.82. The van der Waals surface area contributed by atoms with Crippen molar-refractivity contribution in [3.63, 3.8) is 0 Å². The molecule has 0 saturated heterocycles. The van der Waals surface area contributed by atoms with E-state index in [1.165, 1.54) is 18.2 Å². The highest BCUT2D eigenvalue weighted by atomic mass is 35.5. The van der Waals surface area contributed by atoms with E-state index < -0.39 is 4.92 Å². The Labute approximate surface area is 162 Å². The van der Waals surface area contributed by atoms with Gasteiger partial charge in [0, 0.05) is 18.7 Å². The van der Waals surface area contributed by atoms with Gasteiger partial charge in [-0.3, -0.25) is 14.9 Å². The third kappa shape index (κ3) is 3.99. The van der Waals surface area contributed by atoms with E-state index in [-0.39, 0.29) is 28.2 Å². The maximum absolute atomic E-state index is 13.1. The van der Waals surface area contributed by atoms with Crippen LogP contribution in [0.1, 0.15) is 27.5 Å². The molecule has 1 amide bonds. The number of carbonyl (C=O) groups excluding carboxylic acids is 1. The minimum atomic E-state index is -0.592. The molecule has 6 heteroatoms. The first kappa shape index (κ1) is 18.6. The van der Waals surface area contributed by atoms with E-state index in [4.69, 9.17) is 11.6 Å². The summed E-state index contributed by atoms with van der Waals surface area (Å²) in [4.78, 5) is 25.2. The molecule has 0 atom stereocenters. The van der Waals surface area contributed by atoms with E-state index in [9.17, 15) is 14.9 Å². The zero-order chi connectivity index (χ0) is 19.4. The van der Waals surface area contributed by atoms with Gasteiger partial charge >= 0.3 is 0 Å². The lowest BCUT2D eigenvalue weighted by molar-refractivity contribution is -0.384. The molecule has 27 heavy (non-hydrogen) atoms. The third-order valence-electron chi connectivity index (χ3n) is 4.33. The van der Waals surface area contributed by atoms with Crippen molar-refractivity contribution < 1.29 is 9.72 Å². The first-order valence-corrected chi connectivity index (χ1v) is 8.68. The van der Waals surface area contributed by atoms with Gasteiger partial charge in [0.1, 0.15) is 5.02 Å². The van der Waals surface area contributed by atoms with Crippen LogP contribution in [0, 0.1) is 10.1 Å². The molecule has 136 valence electrons. The van der Waals surface area contributed by atoms with Crippen LogP contribution in [-0.4, -0.2) is 22.8 Å². The van der Waals surface area contributed by atoms with E-state index in [0.717, 1.165) is 11.1 Å². The second-order valence-electron chi connectivity index (χ2n) is 6.06. The van der Waals surface area contributed by atoms with Crippen LogP contribution in [0.2, 0.25) is 5.02 Å². The third-order valence-corrected chi connectivity index (χ3v) is 4.65. The minimum absolute atomic E-state index is 0.00173. The van der Waals surface area contributed by atoms with Crippen molar-refractivity contribution in [2.75, 3.05) is 7.05 Å². The van der Waals surface area contributed by atoms with E-state index in [1.54, 1.807) is 11.9 Å². The van der Waals surface area contributed by atoms with Gasteiger partial charge in [-0.1, -0.05) is 72.3 Å². The molecule has 3 rings (SSSR count). The number of halogens is 1. The van der Waals surface area contributed by atoms with Gasteiger partial charge in [0.25, 0.3) is 11.6 Å². The monoisotopic (exact) mass is 380 g/mol. The van der Waals surface area contributed by atoms with Crippen LogP contribution in [0.15, 0.2) is 78.9 Å². The van der Waals surface area contributed by atoms with Gasteiger partial charge in [-0.05, 0) is 23.3 Å². The van der Waals surface area contributed by atoms with Gasteiger partial charge in [-0.2, -0.15) is 0 Å².